The molecule has 0 unspecified atom stereocenters. The number of nitriles is 1. The van der Waals surface area contributed by atoms with Crippen molar-refractivity contribution in [3.05, 3.63) is 29.6 Å². The lowest BCUT2D eigenvalue weighted by atomic mass is 10.0. The minimum atomic E-state index is 0.499. The zero-order valence-electron chi connectivity index (χ0n) is 10.4. The van der Waals surface area contributed by atoms with E-state index in [2.05, 4.69) is 23.3 Å². The van der Waals surface area contributed by atoms with Crippen LogP contribution in [0.25, 0.3) is 0 Å². The molecule has 1 N–H and O–H groups in total. The summed E-state index contributed by atoms with van der Waals surface area (Å²) in [6, 6.07) is 5.89. The third-order valence-electron chi connectivity index (χ3n) is 3.51. The average Bonchev–Trinajstić information content (AvgIpc) is 3.10. The Morgan fingerprint density at radius 1 is 1.53 bits per heavy atom. The van der Waals surface area contributed by atoms with Crippen molar-refractivity contribution in [2.24, 2.45) is 5.41 Å². The molecule has 0 saturated heterocycles. The molecule has 17 heavy (non-hydrogen) atoms. The molecule has 0 amide bonds. The molecule has 90 valence electrons. The van der Waals surface area contributed by atoms with Crippen LogP contribution in [0.1, 0.15) is 43.9 Å². The van der Waals surface area contributed by atoms with Gasteiger partial charge in [-0.1, -0.05) is 13.3 Å². The molecule has 1 aromatic rings. The summed E-state index contributed by atoms with van der Waals surface area (Å²) < 4.78 is 0. The summed E-state index contributed by atoms with van der Waals surface area (Å²) >= 11 is 0. The molecule has 3 nitrogen and oxygen atoms in total. The zero-order chi connectivity index (χ0) is 12.1. The van der Waals surface area contributed by atoms with Crippen molar-refractivity contribution in [1.29, 1.82) is 5.26 Å². The highest BCUT2D eigenvalue weighted by Crippen LogP contribution is 2.48. The highest BCUT2D eigenvalue weighted by molar-refractivity contribution is 5.25. The first-order valence-corrected chi connectivity index (χ1v) is 6.34. The van der Waals surface area contributed by atoms with Gasteiger partial charge >= 0.3 is 0 Å². The fraction of sp³-hybridized carbons (Fsp3) is 0.571. The molecule has 0 spiro atoms. The van der Waals surface area contributed by atoms with Crippen LogP contribution in [0.15, 0.2) is 18.3 Å². The molecule has 1 aromatic heterocycles. The maximum absolute atomic E-state index is 8.76. The van der Waals surface area contributed by atoms with Gasteiger partial charge in [0.05, 0.1) is 0 Å². The first-order chi connectivity index (χ1) is 8.28. The lowest BCUT2D eigenvalue weighted by molar-refractivity contribution is 0.421. The van der Waals surface area contributed by atoms with E-state index in [9.17, 15) is 0 Å². The van der Waals surface area contributed by atoms with Crippen LogP contribution in [0.5, 0.6) is 0 Å². The zero-order valence-corrected chi connectivity index (χ0v) is 10.4. The van der Waals surface area contributed by atoms with Gasteiger partial charge in [-0.3, -0.25) is 0 Å². The van der Waals surface area contributed by atoms with Gasteiger partial charge in [0, 0.05) is 19.3 Å². The number of hydrogen-bond acceptors (Lipinski definition) is 3. The molecule has 3 heteroatoms. The summed E-state index contributed by atoms with van der Waals surface area (Å²) in [5.41, 5.74) is 2.22. The number of rotatable bonds is 6. The second kappa shape index (κ2) is 5.29. The summed E-state index contributed by atoms with van der Waals surface area (Å²) in [7, 11) is 0. The molecular formula is C14H19N3. The predicted molar refractivity (Wildman–Crippen MR) is 67.2 cm³/mol. The summed E-state index contributed by atoms with van der Waals surface area (Å²) in [5.74, 6) is 0. The van der Waals surface area contributed by atoms with E-state index in [0.29, 0.717) is 11.1 Å². The van der Waals surface area contributed by atoms with Crippen molar-refractivity contribution in [3.8, 4) is 6.07 Å². The summed E-state index contributed by atoms with van der Waals surface area (Å²) in [6.07, 6.45) is 7.05. The van der Waals surface area contributed by atoms with Crippen LogP contribution in [-0.2, 0) is 6.54 Å². The lowest BCUT2D eigenvalue weighted by Crippen LogP contribution is -2.23. The molecule has 1 aliphatic rings. The van der Waals surface area contributed by atoms with Crippen LogP contribution in [-0.4, -0.2) is 11.5 Å². The van der Waals surface area contributed by atoms with E-state index in [4.69, 9.17) is 5.26 Å². The standard InChI is InChI=1S/C14H19N3/c1-2-4-14(5-6-14)11-16-10-12-3-7-17-13(8-12)9-15/h3,7-8,16H,2,4-6,10-11H2,1H3. The van der Waals surface area contributed by atoms with E-state index in [-0.39, 0.29) is 0 Å². The van der Waals surface area contributed by atoms with Crippen LogP contribution in [0.2, 0.25) is 0 Å². The molecular weight excluding hydrogens is 210 g/mol. The molecule has 0 aromatic carbocycles. The van der Waals surface area contributed by atoms with Crippen LogP contribution < -0.4 is 5.32 Å². The fourth-order valence-corrected chi connectivity index (χ4v) is 2.34. The lowest BCUT2D eigenvalue weighted by Gasteiger charge is -2.14. The van der Waals surface area contributed by atoms with E-state index < -0.39 is 0 Å². The quantitative estimate of drug-likeness (QED) is 0.815. The Kier molecular flexibility index (Phi) is 3.75. The van der Waals surface area contributed by atoms with E-state index >= 15 is 0 Å². The number of pyridine rings is 1. The third-order valence-corrected chi connectivity index (χ3v) is 3.51. The Hall–Kier alpha value is -1.40. The first kappa shape index (κ1) is 12.1. The summed E-state index contributed by atoms with van der Waals surface area (Å²) in [5, 5.41) is 12.3. The highest BCUT2D eigenvalue weighted by Gasteiger charge is 2.40. The van der Waals surface area contributed by atoms with Gasteiger partial charge in [-0.25, -0.2) is 4.98 Å². The van der Waals surface area contributed by atoms with E-state index in [1.807, 2.05) is 12.1 Å². The number of nitrogens with zero attached hydrogens (tertiary/aromatic N) is 2. The van der Waals surface area contributed by atoms with E-state index in [1.165, 1.54) is 25.7 Å². The van der Waals surface area contributed by atoms with Crippen molar-refractivity contribution in [1.82, 2.24) is 10.3 Å². The molecule has 2 rings (SSSR count). The van der Waals surface area contributed by atoms with Gasteiger partial charge in [0.2, 0.25) is 0 Å². The number of hydrogen-bond donors (Lipinski definition) is 1. The van der Waals surface area contributed by atoms with Gasteiger partial charge in [0.1, 0.15) is 11.8 Å². The Bertz CT molecular complexity index is 416. The second-order valence-corrected chi connectivity index (χ2v) is 5.01. The molecule has 0 radical (unpaired) electrons. The largest absolute Gasteiger partial charge is 0.312 e. The molecule has 0 bridgehead atoms. The van der Waals surface area contributed by atoms with Gasteiger partial charge in [0.25, 0.3) is 0 Å². The Balaban J connectivity index is 1.80. The van der Waals surface area contributed by atoms with Crippen molar-refractivity contribution in [2.75, 3.05) is 6.54 Å². The maximum atomic E-state index is 8.76. The van der Waals surface area contributed by atoms with Crippen LogP contribution >= 0.6 is 0 Å². The van der Waals surface area contributed by atoms with Gasteiger partial charge in [-0.15, -0.1) is 0 Å². The van der Waals surface area contributed by atoms with Crippen molar-refractivity contribution in [2.45, 2.75) is 39.2 Å². The second-order valence-electron chi connectivity index (χ2n) is 5.01. The summed E-state index contributed by atoms with van der Waals surface area (Å²) in [6.45, 7) is 4.19. The first-order valence-electron chi connectivity index (χ1n) is 6.34. The monoisotopic (exact) mass is 229 g/mol. The Morgan fingerprint density at radius 3 is 3.00 bits per heavy atom. The van der Waals surface area contributed by atoms with Crippen LogP contribution in [0, 0.1) is 16.7 Å². The normalized spacial score (nSPS) is 16.5. The highest BCUT2D eigenvalue weighted by atomic mass is 14.9. The maximum Gasteiger partial charge on any atom is 0.140 e. The Morgan fingerprint density at radius 2 is 2.35 bits per heavy atom. The minimum Gasteiger partial charge on any atom is -0.312 e. The molecule has 1 fully saturated rings. The summed E-state index contributed by atoms with van der Waals surface area (Å²) in [4.78, 5) is 3.97. The van der Waals surface area contributed by atoms with Crippen molar-refractivity contribution >= 4 is 0 Å². The molecule has 1 aliphatic carbocycles. The van der Waals surface area contributed by atoms with Crippen LogP contribution in [0.4, 0.5) is 0 Å². The van der Waals surface area contributed by atoms with Crippen LogP contribution in [0.3, 0.4) is 0 Å². The molecule has 1 heterocycles. The van der Waals surface area contributed by atoms with Gasteiger partial charge < -0.3 is 5.32 Å². The molecule has 0 atom stereocenters. The smallest absolute Gasteiger partial charge is 0.140 e. The Labute approximate surface area is 103 Å². The van der Waals surface area contributed by atoms with Crippen molar-refractivity contribution < 1.29 is 0 Å². The van der Waals surface area contributed by atoms with Gasteiger partial charge in [-0.2, -0.15) is 5.26 Å². The fourth-order valence-electron chi connectivity index (χ4n) is 2.34. The predicted octanol–water partition coefficient (Wildman–Crippen LogP) is 2.62. The van der Waals surface area contributed by atoms with E-state index in [0.717, 1.165) is 18.7 Å². The van der Waals surface area contributed by atoms with Crippen molar-refractivity contribution in [3.63, 3.8) is 0 Å². The minimum absolute atomic E-state index is 0.499. The number of nitrogens with one attached hydrogen (secondary N) is 1. The molecule has 1 saturated carbocycles. The number of aromatic nitrogens is 1. The van der Waals surface area contributed by atoms with Gasteiger partial charge in [0.15, 0.2) is 0 Å². The third kappa shape index (κ3) is 3.28. The average molecular weight is 229 g/mol. The van der Waals surface area contributed by atoms with Gasteiger partial charge in [-0.05, 0) is 42.4 Å². The topological polar surface area (TPSA) is 48.7 Å². The molecule has 0 aliphatic heterocycles. The van der Waals surface area contributed by atoms with E-state index in [1.54, 1.807) is 6.20 Å². The SMILES string of the molecule is CCCC1(CNCc2ccnc(C#N)c2)CC1.